The number of halogens is 1. The van der Waals surface area contributed by atoms with Crippen molar-refractivity contribution in [3.05, 3.63) is 28.2 Å². The molecule has 0 aliphatic rings. The van der Waals surface area contributed by atoms with Crippen LogP contribution in [0.25, 0.3) is 0 Å². The normalized spacial score (nSPS) is 11.5. The van der Waals surface area contributed by atoms with Crippen LogP contribution < -0.4 is 11.1 Å². The third-order valence-electron chi connectivity index (χ3n) is 2.00. The molecule has 1 rings (SSSR count). The summed E-state index contributed by atoms with van der Waals surface area (Å²) < 4.78 is 1.09. The van der Waals surface area contributed by atoms with E-state index in [0.717, 1.165) is 10.2 Å². The zero-order valence-electron chi connectivity index (χ0n) is 8.50. The van der Waals surface area contributed by atoms with Crippen LogP contribution in [-0.4, -0.2) is 17.6 Å². The van der Waals surface area contributed by atoms with E-state index in [9.17, 15) is 0 Å². The summed E-state index contributed by atoms with van der Waals surface area (Å²) in [6.45, 7) is 2.68. The highest BCUT2D eigenvalue weighted by Gasteiger charge is 1.97. The van der Waals surface area contributed by atoms with Crippen molar-refractivity contribution in [2.45, 2.75) is 13.3 Å². The number of nitrogens with one attached hydrogen (secondary N) is 1. The van der Waals surface area contributed by atoms with E-state index in [2.05, 4.69) is 26.4 Å². The van der Waals surface area contributed by atoms with E-state index in [1.54, 1.807) is 0 Å². The zero-order chi connectivity index (χ0) is 11.3. The minimum atomic E-state index is 0.233. The van der Waals surface area contributed by atoms with Crippen molar-refractivity contribution in [2.75, 3.05) is 11.9 Å². The Hall–Kier alpha value is -1.23. The van der Waals surface area contributed by atoms with Crippen molar-refractivity contribution in [3.8, 4) is 0 Å². The molecule has 0 spiro atoms. The van der Waals surface area contributed by atoms with Crippen molar-refractivity contribution in [2.24, 2.45) is 10.9 Å². The Morgan fingerprint density at radius 2 is 2.33 bits per heavy atom. The molecule has 1 aromatic rings. The number of hydrogen-bond donors (Lipinski definition) is 3. The number of oxime groups is 1. The van der Waals surface area contributed by atoms with Gasteiger partial charge >= 0.3 is 0 Å². The van der Waals surface area contributed by atoms with Gasteiger partial charge in [-0.2, -0.15) is 0 Å². The molecule has 82 valence electrons. The average molecular weight is 272 g/mol. The van der Waals surface area contributed by atoms with Gasteiger partial charge in [0.25, 0.3) is 0 Å². The van der Waals surface area contributed by atoms with Gasteiger partial charge in [-0.05, 0) is 30.7 Å². The molecule has 0 aliphatic heterocycles. The second-order valence-corrected chi connectivity index (χ2v) is 4.09. The van der Waals surface area contributed by atoms with Crippen molar-refractivity contribution in [3.63, 3.8) is 0 Å². The summed E-state index contributed by atoms with van der Waals surface area (Å²) >= 11 is 3.43. The van der Waals surface area contributed by atoms with Crippen LogP contribution in [0.1, 0.15) is 12.0 Å². The molecule has 4 N–H and O–H groups in total. The number of aryl methyl sites for hydroxylation is 1. The summed E-state index contributed by atoms with van der Waals surface area (Å²) in [6, 6.07) is 6.00. The second kappa shape index (κ2) is 5.60. The summed E-state index contributed by atoms with van der Waals surface area (Å²) in [6.07, 6.45) is 0.519. The first-order valence-electron chi connectivity index (χ1n) is 4.60. The molecule has 5 heteroatoms. The van der Waals surface area contributed by atoms with Gasteiger partial charge in [-0.15, -0.1) is 0 Å². The van der Waals surface area contributed by atoms with Crippen LogP contribution in [0.15, 0.2) is 27.8 Å². The van der Waals surface area contributed by atoms with Crippen molar-refractivity contribution < 1.29 is 5.21 Å². The molecule has 0 radical (unpaired) electrons. The quantitative estimate of drug-likeness (QED) is 0.341. The molecule has 0 amide bonds. The molecule has 0 saturated heterocycles. The SMILES string of the molecule is Cc1cc(NCCC(N)=NO)ccc1Br. The van der Waals surface area contributed by atoms with Crippen LogP contribution in [0.2, 0.25) is 0 Å². The largest absolute Gasteiger partial charge is 0.409 e. The van der Waals surface area contributed by atoms with E-state index in [4.69, 9.17) is 10.9 Å². The Bertz CT molecular complexity index is 366. The lowest BCUT2D eigenvalue weighted by atomic mass is 10.2. The first-order valence-corrected chi connectivity index (χ1v) is 5.39. The molecule has 0 aliphatic carbocycles. The highest BCUT2D eigenvalue weighted by molar-refractivity contribution is 9.10. The van der Waals surface area contributed by atoms with Crippen LogP contribution in [0.4, 0.5) is 5.69 Å². The lowest BCUT2D eigenvalue weighted by molar-refractivity contribution is 0.317. The molecule has 0 heterocycles. The molecule has 0 unspecified atom stereocenters. The van der Waals surface area contributed by atoms with Crippen LogP contribution in [0.5, 0.6) is 0 Å². The average Bonchev–Trinajstić information content (AvgIpc) is 2.23. The van der Waals surface area contributed by atoms with Gasteiger partial charge in [-0.25, -0.2) is 0 Å². The smallest absolute Gasteiger partial charge is 0.140 e. The van der Waals surface area contributed by atoms with Gasteiger partial charge in [0, 0.05) is 23.1 Å². The minimum absolute atomic E-state index is 0.233. The topological polar surface area (TPSA) is 70.6 Å². The summed E-state index contributed by atoms with van der Waals surface area (Å²) in [5.41, 5.74) is 7.54. The van der Waals surface area contributed by atoms with Gasteiger partial charge in [-0.3, -0.25) is 0 Å². The third-order valence-corrected chi connectivity index (χ3v) is 2.89. The number of benzene rings is 1. The van der Waals surface area contributed by atoms with Crippen molar-refractivity contribution in [1.29, 1.82) is 0 Å². The van der Waals surface area contributed by atoms with Crippen LogP contribution >= 0.6 is 15.9 Å². The van der Waals surface area contributed by atoms with E-state index in [1.165, 1.54) is 5.56 Å². The second-order valence-electron chi connectivity index (χ2n) is 3.23. The minimum Gasteiger partial charge on any atom is -0.409 e. The molecule has 1 aromatic carbocycles. The molecule has 0 atom stereocenters. The summed E-state index contributed by atoms with van der Waals surface area (Å²) in [5.74, 6) is 0.233. The number of nitrogens with zero attached hydrogens (tertiary/aromatic N) is 1. The zero-order valence-corrected chi connectivity index (χ0v) is 10.1. The van der Waals surface area contributed by atoms with Crippen LogP contribution in [-0.2, 0) is 0 Å². The summed E-state index contributed by atoms with van der Waals surface area (Å²) in [5, 5.41) is 14.4. The molecule has 0 fully saturated rings. The molecule has 0 saturated carbocycles. The van der Waals surface area contributed by atoms with Gasteiger partial charge in [0.15, 0.2) is 0 Å². The van der Waals surface area contributed by atoms with E-state index < -0.39 is 0 Å². The molecular weight excluding hydrogens is 258 g/mol. The Morgan fingerprint density at radius 3 is 2.93 bits per heavy atom. The highest BCUT2D eigenvalue weighted by Crippen LogP contribution is 2.19. The van der Waals surface area contributed by atoms with E-state index in [-0.39, 0.29) is 5.84 Å². The Kier molecular flexibility index (Phi) is 4.42. The fourth-order valence-corrected chi connectivity index (χ4v) is 1.39. The predicted molar refractivity (Wildman–Crippen MR) is 65.4 cm³/mol. The third kappa shape index (κ3) is 3.79. The van der Waals surface area contributed by atoms with Crippen LogP contribution in [0, 0.1) is 6.92 Å². The number of amidine groups is 1. The number of rotatable bonds is 4. The molecule has 15 heavy (non-hydrogen) atoms. The van der Waals surface area contributed by atoms with Gasteiger partial charge in [-0.1, -0.05) is 21.1 Å². The lowest BCUT2D eigenvalue weighted by Crippen LogP contribution is -2.16. The molecule has 0 bridgehead atoms. The number of nitrogens with two attached hydrogens (primary N) is 1. The number of anilines is 1. The van der Waals surface area contributed by atoms with Crippen LogP contribution in [0.3, 0.4) is 0 Å². The molecular formula is C10H14BrN3O. The van der Waals surface area contributed by atoms with Gasteiger partial charge in [0.1, 0.15) is 5.84 Å². The maximum atomic E-state index is 8.34. The maximum absolute atomic E-state index is 8.34. The molecule has 0 aromatic heterocycles. The number of hydrogen-bond acceptors (Lipinski definition) is 3. The van der Waals surface area contributed by atoms with E-state index in [0.29, 0.717) is 13.0 Å². The van der Waals surface area contributed by atoms with Gasteiger partial charge in [0.05, 0.1) is 0 Å². The standard InChI is InChI=1S/C10H14BrN3O/c1-7-6-8(2-3-9(7)11)13-5-4-10(12)14-15/h2-3,6,13,15H,4-5H2,1H3,(H2,12,14). The van der Waals surface area contributed by atoms with Crippen molar-refractivity contribution in [1.82, 2.24) is 0 Å². The monoisotopic (exact) mass is 271 g/mol. The van der Waals surface area contributed by atoms with Gasteiger partial charge in [0.2, 0.25) is 0 Å². The Labute approximate surface area is 97.3 Å². The maximum Gasteiger partial charge on any atom is 0.140 e. The Morgan fingerprint density at radius 1 is 1.60 bits per heavy atom. The highest BCUT2D eigenvalue weighted by atomic mass is 79.9. The fraction of sp³-hybridized carbons (Fsp3) is 0.300. The van der Waals surface area contributed by atoms with Gasteiger partial charge < -0.3 is 16.3 Å². The molecule has 4 nitrogen and oxygen atoms in total. The van der Waals surface area contributed by atoms with E-state index >= 15 is 0 Å². The first-order chi connectivity index (χ1) is 7.13. The predicted octanol–water partition coefficient (Wildman–Crippen LogP) is 2.31. The lowest BCUT2D eigenvalue weighted by Gasteiger charge is -2.07. The fourth-order valence-electron chi connectivity index (χ4n) is 1.14. The summed E-state index contributed by atoms with van der Waals surface area (Å²) in [7, 11) is 0. The Balaban J connectivity index is 2.48. The van der Waals surface area contributed by atoms with Crippen molar-refractivity contribution >= 4 is 27.5 Å². The van der Waals surface area contributed by atoms with E-state index in [1.807, 2.05) is 25.1 Å². The first kappa shape index (κ1) is 11.8. The summed E-state index contributed by atoms with van der Waals surface area (Å²) in [4.78, 5) is 0.